The molecule has 0 radical (unpaired) electrons. The molecule has 0 aliphatic heterocycles. The van der Waals surface area contributed by atoms with E-state index in [1.54, 1.807) is 0 Å². The summed E-state index contributed by atoms with van der Waals surface area (Å²) in [5.74, 6) is 6.20. The summed E-state index contributed by atoms with van der Waals surface area (Å²) in [7, 11) is 0. The summed E-state index contributed by atoms with van der Waals surface area (Å²) in [6, 6.07) is 4.36. The minimum atomic E-state index is 0.207. The number of hydrogen-bond acceptors (Lipinski definition) is 3. The summed E-state index contributed by atoms with van der Waals surface area (Å²) in [4.78, 5) is 4.45. The molecule has 0 amide bonds. The molecule has 0 aliphatic rings. The molecule has 1 aromatic rings. The molecule has 0 aliphatic carbocycles. The van der Waals surface area contributed by atoms with Gasteiger partial charge in [0, 0.05) is 17.4 Å². The average Bonchev–Trinajstić information content (AvgIpc) is 2.14. The lowest BCUT2D eigenvalue weighted by Gasteiger charge is -2.20. The van der Waals surface area contributed by atoms with Crippen molar-refractivity contribution in [3.05, 3.63) is 29.1 Å². The largest absolute Gasteiger partial charge is 0.271 e. The third-order valence-electron chi connectivity index (χ3n) is 2.55. The van der Waals surface area contributed by atoms with Gasteiger partial charge in [0.2, 0.25) is 0 Å². The molecular formula is C12H21N3. The number of nitrogens with zero attached hydrogens (tertiary/aromatic N) is 1. The monoisotopic (exact) mass is 207 g/mol. The second kappa shape index (κ2) is 5.24. The van der Waals surface area contributed by atoms with E-state index in [2.05, 4.69) is 30.3 Å². The predicted molar refractivity (Wildman–Crippen MR) is 63.2 cm³/mol. The Morgan fingerprint density at radius 3 is 2.47 bits per heavy atom. The first kappa shape index (κ1) is 12.1. The van der Waals surface area contributed by atoms with Crippen LogP contribution in [-0.4, -0.2) is 4.98 Å². The maximum absolute atomic E-state index is 5.58. The number of nitrogens with two attached hydrogens (primary N) is 1. The van der Waals surface area contributed by atoms with E-state index in [9.17, 15) is 0 Å². The zero-order valence-corrected chi connectivity index (χ0v) is 10.0. The molecule has 0 bridgehead atoms. The van der Waals surface area contributed by atoms with Gasteiger partial charge in [-0.15, -0.1) is 0 Å². The fraction of sp³-hybridized carbons (Fsp3) is 0.583. The van der Waals surface area contributed by atoms with Crippen molar-refractivity contribution < 1.29 is 0 Å². The van der Waals surface area contributed by atoms with Crippen molar-refractivity contribution in [2.24, 2.45) is 11.8 Å². The Labute approximate surface area is 92.1 Å². The molecule has 0 fully saturated rings. The maximum atomic E-state index is 5.58. The van der Waals surface area contributed by atoms with Gasteiger partial charge in [-0.25, -0.2) is 0 Å². The molecule has 0 spiro atoms. The molecule has 1 heterocycles. The number of aryl methyl sites for hydroxylation is 2. The second-order valence-corrected chi connectivity index (χ2v) is 4.48. The molecule has 15 heavy (non-hydrogen) atoms. The Kier molecular flexibility index (Phi) is 4.24. The number of hydrazine groups is 1. The van der Waals surface area contributed by atoms with Crippen LogP contribution in [0.15, 0.2) is 12.1 Å². The molecule has 1 rings (SSSR count). The molecule has 3 heteroatoms. The highest BCUT2D eigenvalue weighted by atomic mass is 15.2. The van der Waals surface area contributed by atoms with Crippen LogP contribution in [0.3, 0.4) is 0 Å². The standard InChI is InChI=1S/C12H21N3/c1-8(2)7-12(15-13)11-6-5-9(3)14-10(11)4/h5-6,8,12,15H,7,13H2,1-4H3. The van der Waals surface area contributed by atoms with Crippen molar-refractivity contribution in [1.29, 1.82) is 0 Å². The quantitative estimate of drug-likeness (QED) is 0.588. The van der Waals surface area contributed by atoms with Crippen LogP contribution >= 0.6 is 0 Å². The summed E-state index contributed by atoms with van der Waals surface area (Å²) in [5.41, 5.74) is 6.20. The van der Waals surface area contributed by atoms with Crippen LogP contribution in [0, 0.1) is 19.8 Å². The summed E-state index contributed by atoms with van der Waals surface area (Å²) < 4.78 is 0. The van der Waals surface area contributed by atoms with Crippen LogP contribution in [0.2, 0.25) is 0 Å². The van der Waals surface area contributed by atoms with E-state index in [1.165, 1.54) is 5.56 Å². The number of pyridine rings is 1. The zero-order chi connectivity index (χ0) is 11.4. The Morgan fingerprint density at radius 1 is 1.33 bits per heavy atom. The van der Waals surface area contributed by atoms with Crippen LogP contribution < -0.4 is 11.3 Å². The van der Waals surface area contributed by atoms with Crippen LogP contribution in [0.5, 0.6) is 0 Å². The van der Waals surface area contributed by atoms with Gasteiger partial charge in [0.25, 0.3) is 0 Å². The van der Waals surface area contributed by atoms with Gasteiger partial charge in [-0.1, -0.05) is 19.9 Å². The number of nitrogens with one attached hydrogen (secondary N) is 1. The fourth-order valence-electron chi connectivity index (χ4n) is 1.82. The highest BCUT2D eigenvalue weighted by Gasteiger charge is 2.14. The summed E-state index contributed by atoms with van der Waals surface area (Å²) in [6.45, 7) is 8.43. The van der Waals surface area contributed by atoms with Crippen LogP contribution in [0.4, 0.5) is 0 Å². The summed E-state index contributed by atoms with van der Waals surface area (Å²) >= 11 is 0. The van der Waals surface area contributed by atoms with Gasteiger partial charge in [0.15, 0.2) is 0 Å². The van der Waals surface area contributed by atoms with Crippen LogP contribution in [0.25, 0.3) is 0 Å². The lowest BCUT2D eigenvalue weighted by atomic mass is 9.96. The van der Waals surface area contributed by atoms with Gasteiger partial charge >= 0.3 is 0 Å². The second-order valence-electron chi connectivity index (χ2n) is 4.48. The van der Waals surface area contributed by atoms with Crippen LogP contribution in [0.1, 0.15) is 43.3 Å². The van der Waals surface area contributed by atoms with Crippen molar-refractivity contribution >= 4 is 0 Å². The van der Waals surface area contributed by atoms with Gasteiger partial charge in [-0.2, -0.15) is 0 Å². The third kappa shape index (κ3) is 3.29. The molecule has 0 aromatic carbocycles. The van der Waals surface area contributed by atoms with Crippen molar-refractivity contribution in [2.75, 3.05) is 0 Å². The van der Waals surface area contributed by atoms with Gasteiger partial charge in [0.05, 0.1) is 0 Å². The van der Waals surface area contributed by atoms with E-state index in [4.69, 9.17) is 5.84 Å². The predicted octanol–water partition coefficient (Wildman–Crippen LogP) is 2.25. The van der Waals surface area contributed by atoms with E-state index in [0.29, 0.717) is 5.92 Å². The Balaban J connectivity index is 2.91. The SMILES string of the molecule is Cc1ccc(C(CC(C)C)NN)c(C)n1. The minimum absolute atomic E-state index is 0.207. The molecule has 3 nitrogen and oxygen atoms in total. The number of rotatable bonds is 4. The van der Waals surface area contributed by atoms with Crippen molar-refractivity contribution in [2.45, 2.75) is 40.2 Å². The Hall–Kier alpha value is -0.930. The first-order valence-corrected chi connectivity index (χ1v) is 5.45. The molecule has 0 saturated carbocycles. The number of aromatic nitrogens is 1. The van der Waals surface area contributed by atoms with Gasteiger partial charge in [-0.3, -0.25) is 16.3 Å². The van der Waals surface area contributed by atoms with Gasteiger partial charge in [0.1, 0.15) is 0 Å². The normalized spacial score (nSPS) is 13.2. The molecule has 0 saturated heterocycles. The molecule has 1 unspecified atom stereocenters. The summed E-state index contributed by atoms with van der Waals surface area (Å²) in [5, 5.41) is 0. The molecule has 3 N–H and O–H groups in total. The van der Waals surface area contributed by atoms with Crippen LogP contribution in [-0.2, 0) is 0 Å². The van der Waals surface area contributed by atoms with Crippen molar-refractivity contribution in [3.8, 4) is 0 Å². The van der Waals surface area contributed by atoms with E-state index in [-0.39, 0.29) is 6.04 Å². The van der Waals surface area contributed by atoms with E-state index in [1.807, 2.05) is 19.9 Å². The van der Waals surface area contributed by atoms with Gasteiger partial charge < -0.3 is 0 Å². The first-order chi connectivity index (χ1) is 7.04. The zero-order valence-electron chi connectivity index (χ0n) is 10.0. The lowest BCUT2D eigenvalue weighted by molar-refractivity contribution is 0.435. The molecule has 1 atom stereocenters. The Morgan fingerprint density at radius 2 is 2.00 bits per heavy atom. The molecular weight excluding hydrogens is 186 g/mol. The van der Waals surface area contributed by atoms with E-state index >= 15 is 0 Å². The average molecular weight is 207 g/mol. The smallest absolute Gasteiger partial charge is 0.0480 e. The maximum Gasteiger partial charge on any atom is 0.0480 e. The first-order valence-electron chi connectivity index (χ1n) is 5.45. The fourth-order valence-corrected chi connectivity index (χ4v) is 1.82. The third-order valence-corrected chi connectivity index (χ3v) is 2.55. The number of hydrogen-bond donors (Lipinski definition) is 2. The van der Waals surface area contributed by atoms with Crippen molar-refractivity contribution in [1.82, 2.24) is 10.4 Å². The summed E-state index contributed by atoms with van der Waals surface area (Å²) in [6.07, 6.45) is 1.03. The van der Waals surface area contributed by atoms with Crippen molar-refractivity contribution in [3.63, 3.8) is 0 Å². The minimum Gasteiger partial charge on any atom is -0.271 e. The van der Waals surface area contributed by atoms with Gasteiger partial charge in [-0.05, 0) is 37.8 Å². The highest BCUT2D eigenvalue weighted by Crippen LogP contribution is 2.22. The molecule has 84 valence electrons. The van der Waals surface area contributed by atoms with E-state index < -0.39 is 0 Å². The Bertz CT molecular complexity index is 321. The molecule has 1 aromatic heterocycles. The highest BCUT2D eigenvalue weighted by molar-refractivity contribution is 5.25. The van der Waals surface area contributed by atoms with E-state index in [0.717, 1.165) is 17.8 Å². The lowest BCUT2D eigenvalue weighted by Crippen LogP contribution is -2.29. The topological polar surface area (TPSA) is 50.9 Å².